The number of nitrogens with zero attached hydrogens (tertiary/aromatic N) is 1. The molecular weight excluding hydrogens is 222 g/mol. The van der Waals surface area contributed by atoms with Crippen molar-refractivity contribution >= 4 is 17.8 Å². The third kappa shape index (κ3) is 3.18. The Balaban J connectivity index is 1.76. The molecular formula is C11H17N3O3. The van der Waals surface area contributed by atoms with Gasteiger partial charge < -0.3 is 0 Å². The minimum atomic E-state index is -0.549. The largest absolute Gasteiger partial charge is 0.343 e. The molecule has 6 heteroatoms. The predicted octanol–water partition coefficient (Wildman–Crippen LogP) is 0.540. The van der Waals surface area contributed by atoms with Gasteiger partial charge in [0.05, 0.1) is 0 Å². The van der Waals surface area contributed by atoms with E-state index in [4.69, 9.17) is 0 Å². The van der Waals surface area contributed by atoms with Crippen molar-refractivity contribution in [3.8, 4) is 0 Å². The summed E-state index contributed by atoms with van der Waals surface area (Å²) < 4.78 is 0. The number of imide groups is 1. The van der Waals surface area contributed by atoms with Crippen molar-refractivity contribution in [3.05, 3.63) is 0 Å². The topological polar surface area (TPSA) is 78.5 Å². The van der Waals surface area contributed by atoms with Gasteiger partial charge in [-0.3, -0.25) is 20.3 Å². The summed E-state index contributed by atoms with van der Waals surface area (Å²) in [4.78, 5) is 33.8. The quantitative estimate of drug-likeness (QED) is 0.705. The predicted molar refractivity (Wildman–Crippen MR) is 59.6 cm³/mol. The summed E-state index contributed by atoms with van der Waals surface area (Å²) in [6, 6.07) is -0.549. The molecule has 0 unspecified atom stereocenters. The Labute approximate surface area is 99.7 Å². The van der Waals surface area contributed by atoms with Crippen LogP contribution in [0, 0.1) is 5.92 Å². The Morgan fingerprint density at radius 2 is 2.00 bits per heavy atom. The van der Waals surface area contributed by atoms with Crippen molar-refractivity contribution in [2.24, 2.45) is 5.92 Å². The van der Waals surface area contributed by atoms with Gasteiger partial charge in [-0.2, -0.15) is 0 Å². The van der Waals surface area contributed by atoms with E-state index in [0.29, 0.717) is 12.3 Å². The van der Waals surface area contributed by atoms with Crippen LogP contribution in [0.15, 0.2) is 0 Å². The van der Waals surface area contributed by atoms with E-state index in [2.05, 4.69) is 10.7 Å². The second-order valence-corrected chi connectivity index (χ2v) is 4.68. The molecule has 0 atom stereocenters. The molecule has 1 aliphatic heterocycles. The molecule has 2 N–H and O–H groups in total. The van der Waals surface area contributed by atoms with Crippen LogP contribution in [0.25, 0.3) is 0 Å². The summed E-state index contributed by atoms with van der Waals surface area (Å²) in [5.74, 6) is -0.139. The van der Waals surface area contributed by atoms with Gasteiger partial charge in [0, 0.05) is 6.42 Å². The van der Waals surface area contributed by atoms with Crippen LogP contribution in [0.4, 0.5) is 4.79 Å². The first-order valence-electron chi connectivity index (χ1n) is 6.06. The van der Waals surface area contributed by atoms with Crippen LogP contribution in [0.3, 0.4) is 0 Å². The zero-order valence-electron chi connectivity index (χ0n) is 9.70. The Morgan fingerprint density at radius 3 is 2.59 bits per heavy atom. The number of carbonyl (C=O) groups is 3. The summed E-state index contributed by atoms with van der Waals surface area (Å²) in [6.45, 7) is -0.0881. The number of carbonyl (C=O) groups excluding carboxylic acids is 3. The molecule has 6 nitrogen and oxygen atoms in total. The van der Waals surface area contributed by atoms with Crippen molar-refractivity contribution in [1.29, 1.82) is 0 Å². The number of hydrogen-bond donors (Lipinski definition) is 2. The second kappa shape index (κ2) is 5.16. The Hall–Kier alpha value is -1.59. The van der Waals surface area contributed by atoms with Gasteiger partial charge in [-0.25, -0.2) is 9.80 Å². The maximum atomic E-state index is 11.7. The lowest BCUT2D eigenvalue weighted by atomic mass is 9.87. The molecule has 0 aromatic carbocycles. The molecule has 1 saturated carbocycles. The molecule has 0 radical (unpaired) electrons. The molecule has 1 aliphatic carbocycles. The van der Waals surface area contributed by atoms with Crippen molar-refractivity contribution < 1.29 is 14.4 Å². The van der Waals surface area contributed by atoms with E-state index in [1.807, 2.05) is 0 Å². The van der Waals surface area contributed by atoms with Gasteiger partial charge in [-0.1, -0.05) is 19.3 Å². The van der Waals surface area contributed by atoms with E-state index < -0.39 is 6.03 Å². The third-order valence-corrected chi connectivity index (χ3v) is 3.25. The van der Waals surface area contributed by atoms with Gasteiger partial charge in [-0.05, 0) is 18.8 Å². The Bertz CT molecular complexity index is 337. The Kier molecular flexibility index (Phi) is 3.61. The van der Waals surface area contributed by atoms with Gasteiger partial charge in [0.2, 0.25) is 11.8 Å². The standard InChI is InChI=1S/C11H17N3O3/c15-9(6-8-4-2-1-3-5-8)13-14-7-10(16)12-11(14)17/h8H,1-7H2,(H,13,15)(H,12,16,17). The van der Waals surface area contributed by atoms with Crippen molar-refractivity contribution in [1.82, 2.24) is 15.8 Å². The molecule has 0 spiro atoms. The van der Waals surface area contributed by atoms with Crippen LogP contribution in [-0.4, -0.2) is 29.4 Å². The highest BCUT2D eigenvalue weighted by molar-refractivity contribution is 6.02. The zero-order chi connectivity index (χ0) is 12.3. The summed E-state index contributed by atoms with van der Waals surface area (Å²) >= 11 is 0. The van der Waals surface area contributed by atoms with E-state index in [0.717, 1.165) is 17.9 Å². The Morgan fingerprint density at radius 1 is 1.29 bits per heavy atom. The zero-order valence-corrected chi connectivity index (χ0v) is 9.70. The number of nitrogens with one attached hydrogen (secondary N) is 2. The fourth-order valence-corrected chi connectivity index (χ4v) is 2.38. The van der Waals surface area contributed by atoms with Crippen LogP contribution >= 0.6 is 0 Å². The highest BCUT2D eigenvalue weighted by Gasteiger charge is 2.28. The summed E-state index contributed by atoms with van der Waals surface area (Å²) in [6.07, 6.45) is 6.22. The average Bonchev–Trinajstić information content (AvgIpc) is 2.58. The number of hydrazine groups is 1. The molecule has 0 aromatic rings. The molecule has 94 valence electrons. The molecule has 2 aliphatic rings. The van der Waals surface area contributed by atoms with Crippen LogP contribution in [0.2, 0.25) is 0 Å². The first-order chi connectivity index (χ1) is 8.15. The lowest BCUT2D eigenvalue weighted by Crippen LogP contribution is -2.44. The molecule has 2 fully saturated rings. The van der Waals surface area contributed by atoms with Crippen LogP contribution < -0.4 is 10.7 Å². The first kappa shape index (κ1) is 11.9. The fourth-order valence-electron chi connectivity index (χ4n) is 2.38. The van der Waals surface area contributed by atoms with Gasteiger partial charge in [0.25, 0.3) is 0 Å². The van der Waals surface area contributed by atoms with Gasteiger partial charge in [0.1, 0.15) is 6.54 Å². The highest BCUT2D eigenvalue weighted by Crippen LogP contribution is 2.26. The smallest absolute Gasteiger partial charge is 0.275 e. The van der Waals surface area contributed by atoms with Crippen molar-refractivity contribution in [2.75, 3.05) is 6.54 Å². The SMILES string of the molecule is O=C1CN(NC(=O)CC2CCCCC2)C(=O)N1. The second-order valence-electron chi connectivity index (χ2n) is 4.68. The lowest BCUT2D eigenvalue weighted by molar-refractivity contribution is -0.126. The average molecular weight is 239 g/mol. The van der Waals surface area contributed by atoms with E-state index in [9.17, 15) is 14.4 Å². The van der Waals surface area contributed by atoms with E-state index in [-0.39, 0.29) is 18.4 Å². The third-order valence-electron chi connectivity index (χ3n) is 3.25. The summed E-state index contributed by atoms with van der Waals surface area (Å²) in [5.41, 5.74) is 2.47. The van der Waals surface area contributed by atoms with Gasteiger partial charge in [0.15, 0.2) is 0 Å². The van der Waals surface area contributed by atoms with Crippen molar-refractivity contribution in [3.63, 3.8) is 0 Å². The fraction of sp³-hybridized carbons (Fsp3) is 0.727. The van der Waals surface area contributed by atoms with Gasteiger partial charge in [-0.15, -0.1) is 0 Å². The maximum Gasteiger partial charge on any atom is 0.343 e. The maximum absolute atomic E-state index is 11.7. The summed E-state index contributed by atoms with van der Waals surface area (Å²) in [7, 11) is 0. The van der Waals surface area contributed by atoms with Crippen LogP contribution in [0.5, 0.6) is 0 Å². The van der Waals surface area contributed by atoms with E-state index in [1.54, 1.807) is 0 Å². The molecule has 0 bridgehead atoms. The number of amides is 4. The monoisotopic (exact) mass is 239 g/mol. The molecule has 1 heterocycles. The first-order valence-corrected chi connectivity index (χ1v) is 6.06. The lowest BCUT2D eigenvalue weighted by Gasteiger charge is -2.22. The minimum absolute atomic E-state index is 0.0881. The molecule has 2 rings (SSSR count). The van der Waals surface area contributed by atoms with Crippen LogP contribution in [0.1, 0.15) is 38.5 Å². The summed E-state index contributed by atoms with van der Waals surface area (Å²) in [5, 5.41) is 3.14. The van der Waals surface area contributed by atoms with Gasteiger partial charge >= 0.3 is 6.03 Å². The highest BCUT2D eigenvalue weighted by atomic mass is 16.2. The normalized spacial score (nSPS) is 21.5. The van der Waals surface area contributed by atoms with Crippen molar-refractivity contribution in [2.45, 2.75) is 38.5 Å². The van der Waals surface area contributed by atoms with E-state index in [1.165, 1.54) is 19.3 Å². The number of rotatable bonds is 3. The molecule has 17 heavy (non-hydrogen) atoms. The number of urea groups is 1. The molecule has 4 amide bonds. The number of hydrogen-bond acceptors (Lipinski definition) is 3. The molecule has 0 aromatic heterocycles. The molecule has 1 saturated heterocycles. The van der Waals surface area contributed by atoms with Crippen LogP contribution in [-0.2, 0) is 9.59 Å². The van der Waals surface area contributed by atoms with E-state index >= 15 is 0 Å². The minimum Gasteiger partial charge on any atom is -0.275 e.